The Hall–Kier alpha value is -2.67. The number of ether oxygens (including phenoxy) is 1. The maximum atomic E-state index is 11.8. The molecule has 0 saturated heterocycles. The average molecular weight is 371 g/mol. The minimum Gasteiger partial charge on any atom is -0.494 e. The van der Waals surface area contributed by atoms with Gasteiger partial charge in [0.25, 0.3) is 0 Å². The normalized spacial score (nSPS) is 11.5. The molecule has 0 aliphatic heterocycles. The summed E-state index contributed by atoms with van der Waals surface area (Å²) >= 11 is 0. The molecular formula is C19H21N3O3S. The molecular weight excluding hydrogens is 350 g/mol. The zero-order valence-corrected chi connectivity index (χ0v) is 15.6. The van der Waals surface area contributed by atoms with Crippen LogP contribution in [-0.4, -0.2) is 37.8 Å². The van der Waals surface area contributed by atoms with Gasteiger partial charge in [-0.2, -0.15) is 0 Å². The Morgan fingerprint density at radius 3 is 2.69 bits per heavy atom. The van der Waals surface area contributed by atoms with Crippen molar-refractivity contribution in [2.75, 3.05) is 24.7 Å². The van der Waals surface area contributed by atoms with E-state index in [-0.39, 0.29) is 4.90 Å². The van der Waals surface area contributed by atoms with Gasteiger partial charge in [0.1, 0.15) is 17.9 Å². The first-order chi connectivity index (χ1) is 12.5. The third-order valence-electron chi connectivity index (χ3n) is 3.99. The van der Waals surface area contributed by atoms with Crippen molar-refractivity contribution in [3.05, 3.63) is 54.4 Å². The summed E-state index contributed by atoms with van der Waals surface area (Å²) in [6, 6.07) is 12.8. The van der Waals surface area contributed by atoms with Gasteiger partial charge in [0.2, 0.25) is 0 Å². The Labute approximate surface area is 153 Å². The lowest BCUT2D eigenvalue weighted by atomic mass is 10.1. The number of para-hydroxylation sites is 1. The first-order valence-electron chi connectivity index (χ1n) is 8.38. The Morgan fingerprint density at radius 1 is 1.12 bits per heavy atom. The van der Waals surface area contributed by atoms with E-state index in [4.69, 9.17) is 4.74 Å². The Bertz CT molecular complexity index is 1020. The van der Waals surface area contributed by atoms with Gasteiger partial charge in [-0.05, 0) is 43.2 Å². The molecule has 3 aromatic rings. The van der Waals surface area contributed by atoms with Gasteiger partial charge in [0.15, 0.2) is 9.84 Å². The van der Waals surface area contributed by atoms with E-state index in [2.05, 4.69) is 15.3 Å². The lowest BCUT2D eigenvalue weighted by Crippen LogP contribution is -2.08. The van der Waals surface area contributed by atoms with Gasteiger partial charge in [0, 0.05) is 18.2 Å². The number of nitrogens with one attached hydrogen (secondary N) is 1. The quantitative estimate of drug-likeness (QED) is 0.687. The zero-order valence-electron chi connectivity index (χ0n) is 14.8. The van der Waals surface area contributed by atoms with Gasteiger partial charge in [-0.15, -0.1) is 0 Å². The molecule has 0 bridgehead atoms. The van der Waals surface area contributed by atoms with E-state index in [1.54, 1.807) is 18.2 Å². The van der Waals surface area contributed by atoms with Crippen LogP contribution in [0.4, 0.5) is 5.82 Å². The summed E-state index contributed by atoms with van der Waals surface area (Å²) in [5.74, 6) is 1.50. The summed E-state index contributed by atoms with van der Waals surface area (Å²) in [6.45, 7) is 3.22. The third kappa shape index (κ3) is 4.11. The summed E-state index contributed by atoms with van der Waals surface area (Å²) in [4.78, 5) is 8.73. The molecule has 3 rings (SSSR count). The highest BCUT2D eigenvalue weighted by molar-refractivity contribution is 7.90. The number of rotatable bonds is 7. The maximum Gasteiger partial charge on any atom is 0.175 e. The van der Waals surface area contributed by atoms with Crippen LogP contribution < -0.4 is 10.1 Å². The van der Waals surface area contributed by atoms with Crippen LogP contribution in [0.2, 0.25) is 0 Å². The molecule has 0 radical (unpaired) electrons. The van der Waals surface area contributed by atoms with Crippen LogP contribution in [0.3, 0.4) is 0 Å². The number of anilines is 1. The highest BCUT2D eigenvalue weighted by atomic mass is 32.2. The Kier molecular flexibility index (Phi) is 5.37. The summed E-state index contributed by atoms with van der Waals surface area (Å²) in [7, 11) is -3.29. The minimum absolute atomic E-state index is 0.254. The molecule has 0 aliphatic carbocycles. The number of benzene rings is 2. The zero-order chi connectivity index (χ0) is 18.6. The molecule has 6 nitrogen and oxygen atoms in total. The standard InChI is InChI=1S/C19H21N3O3S/c1-3-25-18-7-5-4-6-14(18)10-11-20-19-16-12-15(26(2,23)24)8-9-17(16)21-13-22-19/h4-9,12-13H,3,10-11H2,1-2H3,(H,20,21,22). The molecule has 0 unspecified atom stereocenters. The minimum atomic E-state index is -3.29. The van der Waals surface area contributed by atoms with Crippen LogP contribution in [0, 0.1) is 0 Å². The maximum absolute atomic E-state index is 11.8. The van der Waals surface area contributed by atoms with Crippen LogP contribution in [0.25, 0.3) is 10.9 Å². The SMILES string of the molecule is CCOc1ccccc1CCNc1ncnc2ccc(S(C)(=O)=O)cc12. The van der Waals surface area contributed by atoms with E-state index in [9.17, 15) is 8.42 Å². The molecule has 1 aromatic heterocycles. The number of hydrogen-bond donors (Lipinski definition) is 1. The first kappa shape index (κ1) is 18.1. The van der Waals surface area contributed by atoms with Crippen molar-refractivity contribution >= 4 is 26.6 Å². The average Bonchev–Trinajstić information content (AvgIpc) is 2.62. The van der Waals surface area contributed by atoms with Gasteiger partial charge in [-0.25, -0.2) is 18.4 Å². The summed E-state index contributed by atoms with van der Waals surface area (Å²) < 4.78 is 29.3. The first-order valence-corrected chi connectivity index (χ1v) is 10.3. The fourth-order valence-electron chi connectivity index (χ4n) is 2.73. The second-order valence-corrected chi connectivity index (χ2v) is 7.91. The second kappa shape index (κ2) is 7.70. The number of fused-ring (bicyclic) bond motifs is 1. The Morgan fingerprint density at radius 2 is 1.92 bits per heavy atom. The van der Waals surface area contributed by atoms with Gasteiger partial charge in [-0.3, -0.25) is 0 Å². The van der Waals surface area contributed by atoms with Gasteiger partial charge >= 0.3 is 0 Å². The molecule has 26 heavy (non-hydrogen) atoms. The second-order valence-electron chi connectivity index (χ2n) is 5.89. The van der Waals surface area contributed by atoms with Crippen molar-refractivity contribution in [2.24, 2.45) is 0 Å². The van der Waals surface area contributed by atoms with Crippen LogP contribution in [0.5, 0.6) is 5.75 Å². The summed E-state index contributed by atoms with van der Waals surface area (Å²) in [5, 5.41) is 3.97. The van der Waals surface area contributed by atoms with E-state index in [0.29, 0.717) is 29.9 Å². The largest absolute Gasteiger partial charge is 0.494 e. The van der Waals surface area contributed by atoms with E-state index < -0.39 is 9.84 Å². The van der Waals surface area contributed by atoms with E-state index in [1.807, 2.05) is 31.2 Å². The van der Waals surface area contributed by atoms with Crippen molar-refractivity contribution in [3.8, 4) is 5.75 Å². The van der Waals surface area contributed by atoms with Gasteiger partial charge < -0.3 is 10.1 Å². The molecule has 0 amide bonds. The predicted octanol–water partition coefficient (Wildman–Crippen LogP) is 3.09. The summed E-state index contributed by atoms with van der Waals surface area (Å²) in [6.07, 6.45) is 3.42. The van der Waals surface area contributed by atoms with E-state index in [1.165, 1.54) is 12.6 Å². The van der Waals surface area contributed by atoms with Crippen LogP contribution in [0.1, 0.15) is 12.5 Å². The third-order valence-corrected chi connectivity index (χ3v) is 5.10. The number of hydrogen-bond acceptors (Lipinski definition) is 6. The highest BCUT2D eigenvalue weighted by Gasteiger charge is 2.11. The predicted molar refractivity (Wildman–Crippen MR) is 102 cm³/mol. The molecule has 136 valence electrons. The monoisotopic (exact) mass is 371 g/mol. The summed E-state index contributed by atoms with van der Waals surface area (Å²) in [5.41, 5.74) is 1.81. The highest BCUT2D eigenvalue weighted by Crippen LogP contribution is 2.23. The Balaban J connectivity index is 1.81. The molecule has 0 fully saturated rings. The van der Waals surface area contributed by atoms with Crippen molar-refractivity contribution in [3.63, 3.8) is 0 Å². The van der Waals surface area contributed by atoms with Crippen LogP contribution in [-0.2, 0) is 16.3 Å². The van der Waals surface area contributed by atoms with Crippen LogP contribution >= 0.6 is 0 Å². The lowest BCUT2D eigenvalue weighted by molar-refractivity contribution is 0.336. The molecule has 1 heterocycles. The molecule has 2 aromatic carbocycles. The fourth-order valence-corrected chi connectivity index (χ4v) is 3.38. The number of nitrogens with zero attached hydrogens (tertiary/aromatic N) is 2. The van der Waals surface area contributed by atoms with E-state index >= 15 is 0 Å². The molecule has 0 saturated carbocycles. The van der Waals surface area contributed by atoms with Gasteiger partial charge in [0.05, 0.1) is 17.0 Å². The smallest absolute Gasteiger partial charge is 0.175 e. The fraction of sp³-hybridized carbons (Fsp3) is 0.263. The molecule has 0 atom stereocenters. The number of aromatic nitrogens is 2. The van der Waals surface area contributed by atoms with Crippen molar-refractivity contribution in [1.29, 1.82) is 0 Å². The molecule has 0 aliphatic rings. The molecule has 7 heteroatoms. The van der Waals surface area contributed by atoms with E-state index in [0.717, 1.165) is 17.7 Å². The molecule has 1 N–H and O–H groups in total. The lowest BCUT2D eigenvalue weighted by Gasteiger charge is -2.12. The molecule has 0 spiro atoms. The topological polar surface area (TPSA) is 81.2 Å². The number of sulfone groups is 1. The van der Waals surface area contributed by atoms with Crippen LogP contribution in [0.15, 0.2) is 53.7 Å². The van der Waals surface area contributed by atoms with Crippen molar-refractivity contribution in [1.82, 2.24) is 9.97 Å². The van der Waals surface area contributed by atoms with Crippen molar-refractivity contribution < 1.29 is 13.2 Å². The van der Waals surface area contributed by atoms with Gasteiger partial charge in [-0.1, -0.05) is 18.2 Å². The van der Waals surface area contributed by atoms with Crippen molar-refractivity contribution in [2.45, 2.75) is 18.2 Å².